The third kappa shape index (κ3) is 2.74. The van der Waals surface area contributed by atoms with E-state index in [0.29, 0.717) is 30.5 Å². The van der Waals surface area contributed by atoms with Crippen molar-refractivity contribution in [3.05, 3.63) is 15.8 Å². The summed E-state index contributed by atoms with van der Waals surface area (Å²) in [5.74, 6) is 0.885. The van der Waals surface area contributed by atoms with Crippen molar-refractivity contribution in [2.24, 2.45) is 11.7 Å². The third-order valence-electron chi connectivity index (χ3n) is 4.76. The Labute approximate surface area is 125 Å². The zero-order chi connectivity index (χ0) is 15.6. The van der Waals surface area contributed by atoms with Gasteiger partial charge in [0.25, 0.3) is 0 Å². The summed E-state index contributed by atoms with van der Waals surface area (Å²) in [6, 6.07) is 0. The average molecular weight is 295 g/mol. The first-order valence-corrected chi connectivity index (χ1v) is 7.65. The number of nitrogens with zero attached hydrogens (tertiary/aromatic N) is 3. The molecule has 3 N–H and O–H groups in total. The van der Waals surface area contributed by atoms with Crippen LogP contribution in [0.1, 0.15) is 45.2 Å². The molecule has 1 heterocycles. The van der Waals surface area contributed by atoms with Gasteiger partial charge in [0.1, 0.15) is 5.69 Å². The van der Waals surface area contributed by atoms with Gasteiger partial charge in [0, 0.05) is 13.1 Å². The lowest BCUT2D eigenvalue weighted by molar-refractivity contribution is -0.384. The van der Waals surface area contributed by atoms with Gasteiger partial charge < -0.3 is 11.1 Å². The van der Waals surface area contributed by atoms with Crippen LogP contribution in [0.5, 0.6) is 0 Å². The van der Waals surface area contributed by atoms with Crippen molar-refractivity contribution in [2.45, 2.75) is 58.5 Å². The third-order valence-corrected chi connectivity index (χ3v) is 4.76. The Bertz CT molecular complexity index is 528. The van der Waals surface area contributed by atoms with Gasteiger partial charge in [0.15, 0.2) is 0 Å². The quantitative estimate of drug-likeness (QED) is 0.642. The summed E-state index contributed by atoms with van der Waals surface area (Å²) < 4.78 is 1.67. The van der Waals surface area contributed by atoms with Crippen LogP contribution in [0, 0.1) is 23.0 Å². The first kappa shape index (κ1) is 15.8. The van der Waals surface area contributed by atoms with Crippen LogP contribution >= 0.6 is 0 Å². The van der Waals surface area contributed by atoms with E-state index in [9.17, 15) is 10.1 Å². The van der Waals surface area contributed by atoms with Crippen molar-refractivity contribution in [1.82, 2.24) is 9.78 Å². The summed E-state index contributed by atoms with van der Waals surface area (Å²) in [7, 11) is 0. The van der Waals surface area contributed by atoms with Gasteiger partial charge in [-0.05, 0) is 32.6 Å². The summed E-state index contributed by atoms with van der Waals surface area (Å²) in [5.41, 5.74) is 6.28. The molecule has 7 nitrogen and oxygen atoms in total. The van der Waals surface area contributed by atoms with Crippen LogP contribution < -0.4 is 11.1 Å². The molecule has 21 heavy (non-hydrogen) atoms. The van der Waals surface area contributed by atoms with E-state index in [0.717, 1.165) is 19.3 Å². The first-order chi connectivity index (χ1) is 9.95. The van der Waals surface area contributed by atoms with Crippen LogP contribution in [0.3, 0.4) is 0 Å². The summed E-state index contributed by atoms with van der Waals surface area (Å²) in [4.78, 5) is 11.0. The highest BCUT2D eigenvalue weighted by Crippen LogP contribution is 2.39. The van der Waals surface area contributed by atoms with Gasteiger partial charge in [0.2, 0.25) is 5.82 Å². The molecule has 0 radical (unpaired) electrons. The molecular formula is C14H25N5O2. The van der Waals surface area contributed by atoms with E-state index in [-0.39, 0.29) is 16.1 Å². The minimum Gasteiger partial charge on any atom is -0.358 e. The van der Waals surface area contributed by atoms with E-state index in [2.05, 4.69) is 17.3 Å². The molecule has 1 fully saturated rings. The molecule has 2 rings (SSSR count). The van der Waals surface area contributed by atoms with Gasteiger partial charge in [-0.3, -0.25) is 10.1 Å². The fourth-order valence-electron chi connectivity index (χ4n) is 3.33. The van der Waals surface area contributed by atoms with Gasteiger partial charge in [-0.2, -0.15) is 5.10 Å². The SMILES string of the molecule is CCn1nc(C)c([N+](=O)[O-])c1NC1(CN)CCCCC1C. The highest BCUT2D eigenvalue weighted by molar-refractivity contribution is 5.61. The molecule has 0 saturated heterocycles. The van der Waals surface area contributed by atoms with Crippen LogP contribution in [0.2, 0.25) is 0 Å². The molecule has 1 aromatic heterocycles. The molecule has 1 aliphatic carbocycles. The van der Waals surface area contributed by atoms with Crippen molar-refractivity contribution in [2.75, 3.05) is 11.9 Å². The summed E-state index contributed by atoms with van der Waals surface area (Å²) in [6.07, 6.45) is 4.33. The number of aryl methyl sites for hydroxylation is 2. The van der Waals surface area contributed by atoms with E-state index < -0.39 is 0 Å². The Morgan fingerprint density at radius 1 is 1.57 bits per heavy atom. The summed E-state index contributed by atoms with van der Waals surface area (Å²) in [6.45, 7) is 6.84. The second-order valence-electron chi connectivity index (χ2n) is 5.99. The smallest absolute Gasteiger partial charge is 0.333 e. The Hall–Kier alpha value is -1.63. The van der Waals surface area contributed by atoms with Gasteiger partial charge in [-0.1, -0.05) is 19.8 Å². The maximum absolute atomic E-state index is 11.4. The van der Waals surface area contributed by atoms with Crippen LogP contribution in [-0.4, -0.2) is 26.8 Å². The van der Waals surface area contributed by atoms with E-state index in [1.165, 1.54) is 6.42 Å². The number of hydrogen-bond donors (Lipinski definition) is 2. The Morgan fingerprint density at radius 3 is 2.81 bits per heavy atom. The van der Waals surface area contributed by atoms with Crippen molar-refractivity contribution in [3.8, 4) is 0 Å². The lowest BCUT2D eigenvalue weighted by Crippen LogP contribution is -2.52. The second kappa shape index (κ2) is 6.01. The van der Waals surface area contributed by atoms with Gasteiger partial charge in [-0.25, -0.2) is 4.68 Å². The number of rotatable bonds is 5. The lowest BCUT2D eigenvalue weighted by Gasteiger charge is -2.43. The van der Waals surface area contributed by atoms with Crippen LogP contribution in [0.4, 0.5) is 11.5 Å². The first-order valence-electron chi connectivity index (χ1n) is 7.65. The molecule has 0 aliphatic heterocycles. The molecule has 2 atom stereocenters. The van der Waals surface area contributed by atoms with Crippen LogP contribution in [0.15, 0.2) is 0 Å². The molecule has 7 heteroatoms. The number of hydrogen-bond acceptors (Lipinski definition) is 5. The maximum atomic E-state index is 11.4. The van der Waals surface area contributed by atoms with Crippen LogP contribution in [-0.2, 0) is 6.54 Å². The number of nitro groups is 1. The van der Waals surface area contributed by atoms with E-state index >= 15 is 0 Å². The molecule has 2 unspecified atom stereocenters. The van der Waals surface area contributed by atoms with Crippen molar-refractivity contribution in [1.29, 1.82) is 0 Å². The topological polar surface area (TPSA) is 99.0 Å². The predicted molar refractivity (Wildman–Crippen MR) is 82.3 cm³/mol. The Morgan fingerprint density at radius 2 is 2.29 bits per heavy atom. The van der Waals surface area contributed by atoms with E-state index in [4.69, 9.17) is 5.73 Å². The van der Waals surface area contributed by atoms with E-state index in [1.54, 1.807) is 11.6 Å². The molecule has 0 spiro atoms. The molecule has 1 aliphatic rings. The van der Waals surface area contributed by atoms with Crippen molar-refractivity contribution in [3.63, 3.8) is 0 Å². The van der Waals surface area contributed by atoms with E-state index in [1.807, 2.05) is 6.92 Å². The normalized spacial score (nSPS) is 25.8. The Kier molecular flexibility index (Phi) is 4.51. The zero-order valence-corrected chi connectivity index (χ0v) is 13.1. The number of nitrogens with two attached hydrogens (primary N) is 1. The zero-order valence-electron chi connectivity index (χ0n) is 13.1. The standard InChI is InChI=1S/C14H25N5O2/c1-4-18-13(12(19(20)21)11(3)17-18)16-14(9-15)8-6-5-7-10(14)2/h10,16H,4-9,15H2,1-3H3. The Balaban J connectivity index is 2.43. The summed E-state index contributed by atoms with van der Waals surface area (Å²) in [5, 5.41) is 19.1. The largest absolute Gasteiger partial charge is 0.358 e. The second-order valence-corrected chi connectivity index (χ2v) is 5.99. The molecule has 0 bridgehead atoms. The highest BCUT2D eigenvalue weighted by atomic mass is 16.6. The molecule has 0 amide bonds. The monoisotopic (exact) mass is 295 g/mol. The average Bonchev–Trinajstić information content (AvgIpc) is 2.77. The fraction of sp³-hybridized carbons (Fsp3) is 0.786. The minimum absolute atomic E-state index is 0.0717. The van der Waals surface area contributed by atoms with Gasteiger partial charge in [-0.15, -0.1) is 0 Å². The number of anilines is 1. The van der Waals surface area contributed by atoms with Crippen molar-refractivity contribution < 1.29 is 4.92 Å². The van der Waals surface area contributed by atoms with Crippen LogP contribution in [0.25, 0.3) is 0 Å². The van der Waals surface area contributed by atoms with Gasteiger partial charge >= 0.3 is 5.69 Å². The molecule has 0 aromatic carbocycles. The molecular weight excluding hydrogens is 270 g/mol. The number of nitrogens with one attached hydrogen (secondary N) is 1. The molecule has 118 valence electrons. The minimum atomic E-state index is -0.353. The summed E-state index contributed by atoms with van der Waals surface area (Å²) >= 11 is 0. The molecule has 1 aromatic rings. The predicted octanol–water partition coefficient (Wildman–Crippen LogP) is 2.44. The van der Waals surface area contributed by atoms with Crippen molar-refractivity contribution >= 4 is 11.5 Å². The fourth-order valence-corrected chi connectivity index (χ4v) is 3.33. The maximum Gasteiger partial charge on any atom is 0.333 e. The molecule has 1 saturated carbocycles. The number of aromatic nitrogens is 2. The van der Waals surface area contributed by atoms with Gasteiger partial charge in [0.05, 0.1) is 10.5 Å². The lowest BCUT2D eigenvalue weighted by atomic mass is 9.73. The highest BCUT2D eigenvalue weighted by Gasteiger charge is 2.40.